The first-order valence-corrected chi connectivity index (χ1v) is 7.46. The zero-order valence-corrected chi connectivity index (χ0v) is 12.1. The fraction of sp³-hybridized carbons (Fsp3) is 0.438. The summed E-state index contributed by atoms with van der Waals surface area (Å²) in [4.78, 5) is 39.0. The summed E-state index contributed by atoms with van der Waals surface area (Å²) >= 11 is 0. The third-order valence-corrected chi connectivity index (χ3v) is 4.46. The minimum Gasteiger partial charge on any atom is -0.481 e. The van der Waals surface area contributed by atoms with Crippen LogP contribution in [0.4, 0.5) is 5.69 Å². The van der Waals surface area contributed by atoms with Gasteiger partial charge < -0.3 is 5.11 Å². The highest BCUT2D eigenvalue weighted by atomic mass is 16.4. The monoisotopic (exact) mass is 302 g/mol. The van der Waals surface area contributed by atoms with Crippen LogP contribution in [0, 0.1) is 5.92 Å². The first kappa shape index (κ1) is 14.7. The molecule has 116 valence electrons. The van der Waals surface area contributed by atoms with Crippen LogP contribution in [0.1, 0.15) is 19.3 Å². The summed E-state index contributed by atoms with van der Waals surface area (Å²) in [7, 11) is 0. The maximum Gasteiger partial charge on any atom is 0.306 e. The molecule has 0 radical (unpaired) electrons. The second-order valence-electron chi connectivity index (χ2n) is 5.77. The molecule has 1 N–H and O–H groups in total. The smallest absolute Gasteiger partial charge is 0.306 e. The highest BCUT2D eigenvalue weighted by Crippen LogP contribution is 2.28. The van der Waals surface area contributed by atoms with E-state index in [1.165, 1.54) is 4.90 Å². The number of rotatable bonds is 3. The van der Waals surface area contributed by atoms with Crippen molar-refractivity contribution in [1.82, 2.24) is 4.90 Å². The molecule has 0 aromatic heterocycles. The van der Waals surface area contributed by atoms with Crippen molar-refractivity contribution in [3.63, 3.8) is 0 Å². The predicted octanol–water partition coefficient (Wildman–Crippen LogP) is 1.12. The topological polar surface area (TPSA) is 77.9 Å². The molecule has 0 saturated carbocycles. The number of carbonyl (C=O) groups excluding carboxylic acids is 2. The average molecular weight is 302 g/mol. The van der Waals surface area contributed by atoms with Crippen molar-refractivity contribution in [2.24, 2.45) is 5.92 Å². The molecular formula is C16H18N2O4. The molecule has 0 spiro atoms. The summed E-state index contributed by atoms with van der Waals surface area (Å²) in [6.45, 7) is 1.09. The van der Waals surface area contributed by atoms with Gasteiger partial charge in [0, 0.05) is 0 Å². The maximum atomic E-state index is 12.6. The van der Waals surface area contributed by atoms with Crippen LogP contribution in [-0.2, 0) is 14.4 Å². The van der Waals surface area contributed by atoms with Crippen LogP contribution < -0.4 is 4.90 Å². The summed E-state index contributed by atoms with van der Waals surface area (Å²) in [5.41, 5.74) is 0.598. The number of hydrogen-bond donors (Lipinski definition) is 1. The fourth-order valence-electron chi connectivity index (χ4n) is 3.21. The van der Waals surface area contributed by atoms with Gasteiger partial charge in [0.1, 0.15) is 0 Å². The standard InChI is InChI=1S/C16H18N2O4/c19-14-10-13(17-8-6-11(7-9-17)16(21)22)15(20)18(14)12-4-2-1-3-5-12/h1-5,11,13H,6-10H2,(H,21,22). The highest BCUT2D eigenvalue weighted by molar-refractivity contribution is 6.22. The van der Waals surface area contributed by atoms with Gasteiger partial charge in [0.05, 0.1) is 24.1 Å². The molecular weight excluding hydrogens is 284 g/mol. The van der Waals surface area contributed by atoms with E-state index in [1.54, 1.807) is 24.3 Å². The molecule has 1 atom stereocenters. The summed E-state index contributed by atoms with van der Waals surface area (Å²) in [5.74, 6) is -1.51. The lowest BCUT2D eigenvalue weighted by molar-refractivity contribution is -0.143. The molecule has 1 aromatic carbocycles. The summed E-state index contributed by atoms with van der Waals surface area (Å²) < 4.78 is 0. The molecule has 0 aliphatic carbocycles. The van der Waals surface area contributed by atoms with Gasteiger partial charge in [-0.3, -0.25) is 19.3 Å². The minimum atomic E-state index is -0.778. The zero-order chi connectivity index (χ0) is 15.7. The van der Waals surface area contributed by atoms with Gasteiger partial charge in [0.15, 0.2) is 0 Å². The van der Waals surface area contributed by atoms with Crippen molar-refractivity contribution in [1.29, 1.82) is 0 Å². The molecule has 0 bridgehead atoms. The van der Waals surface area contributed by atoms with Crippen LogP contribution in [-0.4, -0.2) is 46.9 Å². The second kappa shape index (κ2) is 5.88. The third kappa shape index (κ3) is 2.62. The van der Waals surface area contributed by atoms with E-state index in [9.17, 15) is 14.4 Å². The Hall–Kier alpha value is -2.21. The van der Waals surface area contributed by atoms with E-state index < -0.39 is 12.0 Å². The molecule has 2 amide bonds. The number of carboxylic acids is 1. The van der Waals surface area contributed by atoms with Gasteiger partial charge in [-0.1, -0.05) is 18.2 Å². The number of piperidine rings is 1. The number of hydrogen-bond acceptors (Lipinski definition) is 4. The molecule has 6 nitrogen and oxygen atoms in total. The molecule has 1 unspecified atom stereocenters. The Bertz CT molecular complexity index is 593. The van der Waals surface area contributed by atoms with E-state index in [2.05, 4.69) is 0 Å². The summed E-state index contributed by atoms with van der Waals surface area (Å²) in [5, 5.41) is 9.03. The van der Waals surface area contributed by atoms with Crippen LogP contribution in [0.5, 0.6) is 0 Å². The van der Waals surface area contributed by atoms with E-state index in [-0.39, 0.29) is 24.2 Å². The Morgan fingerprint density at radius 3 is 2.32 bits per heavy atom. The van der Waals surface area contributed by atoms with Gasteiger partial charge in [0.25, 0.3) is 5.91 Å². The van der Waals surface area contributed by atoms with E-state index >= 15 is 0 Å². The number of nitrogens with zero attached hydrogens (tertiary/aromatic N) is 2. The Balaban J connectivity index is 1.71. The van der Waals surface area contributed by atoms with Crippen molar-refractivity contribution in [2.45, 2.75) is 25.3 Å². The first-order valence-electron chi connectivity index (χ1n) is 7.46. The Labute approximate surface area is 128 Å². The van der Waals surface area contributed by atoms with Crippen LogP contribution >= 0.6 is 0 Å². The van der Waals surface area contributed by atoms with E-state index in [1.807, 2.05) is 11.0 Å². The second-order valence-corrected chi connectivity index (χ2v) is 5.77. The lowest BCUT2D eigenvalue weighted by atomic mass is 9.96. The van der Waals surface area contributed by atoms with Crippen LogP contribution in [0.2, 0.25) is 0 Å². The zero-order valence-electron chi connectivity index (χ0n) is 12.1. The number of carboxylic acid groups (broad SMARTS) is 1. The number of anilines is 1. The van der Waals surface area contributed by atoms with Gasteiger partial charge >= 0.3 is 5.97 Å². The number of imide groups is 1. The van der Waals surface area contributed by atoms with Crippen molar-refractivity contribution in [2.75, 3.05) is 18.0 Å². The average Bonchev–Trinajstić information content (AvgIpc) is 2.83. The van der Waals surface area contributed by atoms with E-state index in [0.29, 0.717) is 31.6 Å². The fourth-order valence-corrected chi connectivity index (χ4v) is 3.21. The van der Waals surface area contributed by atoms with Gasteiger partial charge in [-0.25, -0.2) is 4.90 Å². The highest BCUT2D eigenvalue weighted by Gasteiger charge is 2.43. The number of amides is 2. The first-order chi connectivity index (χ1) is 10.6. The number of carbonyl (C=O) groups is 3. The number of aliphatic carboxylic acids is 1. The number of para-hydroxylation sites is 1. The molecule has 2 aliphatic rings. The van der Waals surface area contributed by atoms with Gasteiger partial charge in [0.2, 0.25) is 5.91 Å². The third-order valence-electron chi connectivity index (χ3n) is 4.46. The van der Waals surface area contributed by atoms with Gasteiger partial charge in [-0.15, -0.1) is 0 Å². The van der Waals surface area contributed by atoms with Crippen LogP contribution in [0.3, 0.4) is 0 Å². The largest absolute Gasteiger partial charge is 0.481 e. The van der Waals surface area contributed by atoms with E-state index in [4.69, 9.17) is 5.11 Å². The Kier molecular flexibility index (Phi) is 3.94. The van der Waals surface area contributed by atoms with Crippen molar-refractivity contribution < 1.29 is 19.5 Å². The van der Waals surface area contributed by atoms with Crippen molar-refractivity contribution >= 4 is 23.5 Å². The SMILES string of the molecule is O=C(O)C1CCN(C2CC(=O)N(c3ccccc3)C2=O)CC1. The quantitative estimate of drug-likeness (QED) is 0.846. The van der Waals surface area contributed by atoms with E-state index in [0.717, 1.165) is 0 Å². The van der Waals surface area contributed by atoms with Crippen LogP contribution in [0.25, 0.3) is 0 Å². The van der Waals surface area contributed by atoms with Crippen molar-refractivity contribution in [3.8, 4) is 0 Å². The molecule has 3 rings (SSSR count). The molecule has 2 saturated heterocycles. The Morgan fingerprint density at radius 1 is 1.09 bits per heavy atom. The number of benzene rings is 1. The predicted molar refractivity (Wildman–Crippen MR) is 79.3 cm³/mol. The molecule has 1 aromatic rings. The van der Waals surface area contributed by atoms with Gasteiger partial charge in [-0.2, -0.15) is 0 Å². The normalized spacial score (nSPS) is 24.0. The lowest BCUT2D eigenvalue weighted by Crippen LogP contribution is -2.46. The molecule has 2 fully saturated rings. The minimum absolute atomic E-state index is 0.172. The summed E-state index contributed by atoms with van der Waals surface area (Å²) in [6, 6.07) is 8.46. The summed E-state index contributed by atoms with van der Waals surface area (Å²) in [6.07, 6.45) is 1.22. The van der Waals surface area contributed by atoms with Gasteiger partial charge in [-0.05, 0) is 38.1 Å². The molecule has 2 aliphatic heterocycles. The lowest BCUT2D eigenvalue weighted by Gasteiger charge is -2.33. The van der Waals surface area contributed by atoms with Crippen LogP contribution in [0.15, 0.2) is 30.3 Å². The maximum absolute atomic E-state index is 12.6. The van der Waals surface area contributed by atoms with Crippen molar-refractivity contribution in [3.05, 3.63) is 30.3 Å². The molecule has 6 heteroatoms. The molecule has 22 heavy (non-hydrogen) atoms. The molecule has 2 heterocycles. The number of likely N-dealkylation sites (tertiary alicyclic amines) is 1. The Morgan fingerprint density at radius 2 is 1.73 bits per heavy atom.